The Kier molecular flexibility index (Phi) is 3.71. The van der Waals surface area contributed by atoms with Gasteiger partial charge in [0.1, 0.15) is 0 Å². The van der Waals surface area contributed by atoms with E-state index in [1.54, 1.807) is 13.0 Å². The number of sulfone groups is 1. The number of anilines is 1. The number of aryl methyl sites for hydroxylation is 1. The van der Waals surface area contributed by atoms with Crippen molar-refractivity contribution in [1.29, 1.82) is 0 Å². The van der Waals surface area contributed by atoms with E-state index in [0.717, 1.165) is 12.1 Å². The van der Waals surface area contributed by atoms with Crippen LogP contribution >= 0.6 is 0 Å². The molecule has 112 valence electrons. The molecule has 2 N–H and O–H groups in total. The molecular formula is C14H12F3NO2S. The van der Waals surface area contributed by atoms with E-state index < -0.39 is 32.2 Å². The Morgan fingerprint density at radius 2 is 1.62 bits per heavy atom. The first-order valence-electron chi connectivity index (χ1n) is 5.91. The van der Waals surface area contributed by atoms with Gasteiger partial charge in [0, 0.05) is 5.69 Å². The van der Waals surface area contributed by atoms with Crippen LogP contribution in [0.5, 0.6) is 0 Å². The lowest BCUT2D eigenvalue weighted by Crippen LogP contribution is -2.11. The summed E-state index contributed by atoms with van der Waals surface area (Å²) < 4.78 is 63.2. The average Bonchev–Trinajstić information content (AvgIpc) is 2.37. The van der Waals surface area contributed by atoms with Gasteiger partial charge in [-0.2, -0.15) is 13.2 Å². The van der Waals surface area contributed by atoms with E-state index in [9.17, 15) is 21.6 Å². The molecule has 0 heterocycles. The molecule has 0 saturated carbocycles. The third-order valence-electron chi connectivity index (χ3n) is 2.94. The highest BCUT2D eigenvalue weighted by atomic mass is 32.2. The maximum Gasteiger partial charge on any atom is 0.418 e. The molecule has 0 unspecified atom stereocenters. The van der Waals surface area contributed by atoms with Crippen LogP contribution in [0.2, 0.25) is 0 Å². The molecule has 7 heteroatoms. The molecule has 21 heavy (non-hydrogen) atoms. The van der Waals surface area contributed by atoms with E-state index in [4.69, 9.17) is 5.73 Å². The zero-order valence-corrected chi connectivity index (χ0v) is 11.8. The molecule has 2 aromatic carbocycles. The fourth-order valence-electron chi connectivity index (χ4n) is 1.87. The number of benzene rings is 2. The normalized spacial score (nSPS) is 12.4. The van der Waals surface area contributed by atoms with Crippen LogP contribution in [0.4, 0.5) is 18.9 Å². The van der Waals surface area contributed by atoms with E-state index in [2.05, 4.69) is 0 Å². The molecule has 0 atom stereocenters. The monoisotopic (exact) mass is 315 g/mol. The summed E-state index contributed by atoms with van der Waals surface area (Å²) in [5.74, 6) is 0. The lowest BCUT2D eigenvalue weighted by Gasteiger charge is -2.12. The van der Waals surface area contributed by atoms with Crippen molar-refractivity contribution in [2.24, 2.45) is 0 Å². The van der Waals surface area contributed by atoms with E-state index in [-0.39, 0.29) is 4.90 Å². The SMILES string of the molecule is Cc1cccc(S(=O)(=O)c2ccc(N)c(C(F)(F)F)c2)c1. The molecular weight excluding hydrogens is 303 g/mol. The number of hydrogen-bond acceptors (Lipinski definition) is 3. The van der Waals surface area contributed by atoms with E-state index in [1.807, 2.05) is 0 Å². The third-order valence-corrected chi connectivity index (χ3v) is 4.69. The summed E-state index contributed by atoms with van der Waals surface area (Å²) >= 11 is 0. The van der Waals surface area contributed by atoms with Crippen molar-refractivity contribution in [3.8, 4) is 0 Å². The Morgan fingerprint density at radius 3 is 2.19 bits per heavy atom. The molecule has 0 aromatic heterocycles. The second-order valence-corrected chi connectivity index (χ2v) is 6.52. The Morgan fingerprint density at radius 1 is 1.00 bits per heavy atom. The van der Waals surface area contributed by atoms with Crippen LogP contribution in [0.3, 0.4) is 0 Å². The zero-order valence-electron chi connectivity index (χ0n) is 11.0. The van der Waals surface area contributed by atoms with Crippen LogP contribution in [0.25, 0.3) is 0 Å². The molecule has 2 rings (SSSR count). The number of rotatable bonds is 2. The smallest absolute Gasteiger partial charge is 0.398 e. The maximum absolute atomic E-state index is 12.8. The van der Waals surface area contributed by atoms with E-state index in [0.29, 0.717) is 11.6 Å². The topological polar surface area (TPSA) is 60.2 Å². The van der Waals surface area contributed by atoms with Gasteiger partial charge in [0.25, 0.3) is 0 Å². The predicted molar refractivity (Wildman–Crippen MR) is 72.5 cm³/mol. The summed E-state index contributed by atoms with van der Waals surface area (Å²) in [5.41, 5.74) is 4.30. The molecule has 2 aromatic rings. The summed E-state index contributed by atoms with van der Waals surface area (Å²) in [4.78, 5) is -0.491. The van der Waals surface area contributed by atoms with Gasteiger partial charge in [-0.1, -0.05) is 12.1 Å². The largest absolute Gasteiger partial charge is 0.418 e. The van der Waals surface area contributed by atoms with Gasteiger partial charge in [0.15, 0.2) is 0 Å². The second-order valence-electron chi connectivity index (χ2n) is 4.57. The van der Waals surface area contributed by atoms with Gasteiger partial charge in [-0.3, -0.25) is 0 Å². The standard InChI is InChI=1S/C14H12F3NO2S/c1-9-3-2-4-10(7-9)21(19,20)11-5-6-13(18)12(8-11)14(15,16)17/h2-8H,18H2,1H3. The fraction of sp³-hybridized carbons (Fsp3) is 0.143. The minimum absolute atomic E-state index is 0.0552. The first-order chi connectivity index (χ1) is 9.62. The highest BCUT2D eigenvalue weighted by Crippen LogP contribution is 2.35. The van der Waals surface area contributed by atoms with Crippen molar-refractivity contribution in [3.63, 3.8) is 0 Å². The summed E-state index contributed by atoms with van der Waals surface area (Å²) in [6.07, 6.45) is -4.71. The van der Waals surface area contributed by atoms with Crippen LogP contribution in [-0.2, 0) is 16.0 Å². The van der Waals surface area contributed by atoms with E-state index >= 15 is 0 Å². The molecule has 0 radical (unpaired) electrons. The number of alkyl halides is 3. The van der Waals surface area contributed by atoms with Crippen molar-refractivity contribution in [3.05, 3.63) is 53.6 Å². The number of nitrogen functional groups attached to an aromatic ring is 1. The molecule has 0 fully saturated rings. The molecule has 0 saturated heterocycles. The maximum atomic E-state index is 12.8. The highest BCUT2D eigenvalue weighted by molar-refractivity contribution is 7.91. The third kappa shape index (κ3) is 3.02. The summed E-state index contributed by atoms with van der Waals surface area (Å²) in [7, 11) is -4.02. The van der Waals surface area contributed by atoms with Crippen LogP contribution < -0.4 is 5.73 Å². The molecule has 0 aliphatic carbocycles. The first kappa shape index (κ1) is 15.4. The predicted octanol–water partition coefficient (Wildman–Crippen LogP) is 3.43. The molecule has 0 amide bonds. The highest BCUT2D eigenvalue weighted by Gasteiger charge is 2.34. The van der Waals surface area contributed by atoms with Gasteiger partial charge in [-0.25, -0.2) is 8.42 Å². The van der Waals surface area contributed by atoms with Crippen LogP contribution in [0.15, 0.2) is 52.3 Å². The summed E-state index contributed by atoms with van der Waals surface area (Å²) in [5, 5.41) is 0. The summed E-state index contributed by atoms with van der Waals surface area (Å²) in [6.45, 7) is 1.70. The molecule has 0 spiro atoms. The Labute approximate surface area is 120 Å². The Bertz CT molecular complexity index is 783. The summed E-state index contributed by atoms with van der Waals surface area (Å²) in [6, 6.07) is 8.55. The second kappa shape index (κ2) is 5.07. The Hall–Kier alpha value is -2.02. The minimum Gasteiger partial charge on any atom is -0.398 e. The molecule has 0 aliphatic heterocycles. The van der Waals surface area contributed by atoms with Gasteiger partial charge >= 0.3 is 6.18 Å². The molecule has 0 bridgehead atoms. The van der Waals surface area contributed by atoms with Gasteiger partial charge < -0.3 is 5.73 Å². The Balaban J connectivity index is 2.61. The average molecular weight is 315 g/mol. The van der Waals surface area contributed by atoms with Crippen molar-refractivity contribution < 1.29 is 21.6 Å². The van der Waals surface area contributed by atoms with Crippen LogP contribution in [-0.4, -0.2) is 8.42 Å². The van der Waals surface area contributed by atoms with Crippen molar-refractivity contribution in [1.82, 2.24) is 0 Å². The lowest BCUT2D eigenvalue weighted by atomic mass is 10.2. The van der Waals surface area contributed by atoms with Crippen molar-refractivity contribution >= 4 is 15.5 Å². The number of hydrogen-bond donors (Lipinski definition) is 1. The van der Waals surface area contributed by atoms with Gasteiger partial charge in [0.2, 0.25) is 9.84 Å². The number of halogens is 3. The van der Waals surface area contributed by atoms with Gasteiger partial charge in [-0.05, 0) is 42.8 Å². The van der Waals surface area contributed by atoms with Crippen LogP contribution in [0.1, 0.15) is 11.1 Å². The minimum atomic E-state index is -4.71. The fourth-order valence-corrected chi connectivity index (χ4v) is 3.26. The van der Waals surface area contributed by atoms with Crippen LogP contribution in [0, 0.1) is 6.92 Å². The van der Waals surface area contributed by atoms with Gasteiger partial charge in [0.05, 0.1) is 15.4 Å². The quantitative estimate of drug-likeness (QED) is 0.864. The molecule has 0 aliphatic rings. The number of nitrogens with two attached hydrogens (primary N) is 1. The zero-order chi connectivity index (χ0) is 15.8. The van der Waals surface area contributed by atoms with Crippen molar-refractivity contribution in [2.45, 2.75) is 22.9 Å². The van der Waals surface area contributed by atoms with Crippen molar-refractivity contribution in [2.75, 3.05) is 5.73 Å². The van der Waals surface area contributed by atoms with E-state index in [1.165, 1.54) is 18.2 Å². The first-order valence-corrected chi connectivity index (χ1v) is 7.39. The van der Waals surface area contributed by atoms with Gasteiger partial charge in [-0.15, -0.1) is 0 Å². The lowest BCUT2D eigenvalue weighted by molar-refractivity contribution is -0.137. The molecule has 3 nitrogen and oxygen atoms in total.